The number of para-hydroxylation sites is 1. The first-order chi connectivity index (χ1) is 15.6. The Morgan fingerprint density at radius 1 is 1.06 bits per heavy atom. The SMILES string of the molecule is CCC1Oc2ccc(C(=O)c3ccco3)cc2N(CC(=O)N2CCc3ccccc32)C1=O. The molecule has 1 unspecified atom stereocenters. The number of fused-ring (bicyclic) bond motifs is 2. The minimum Gasteiger partial charge on any atom is -0.478 e. The van der Waals surface area contributed by atoms with E-state index in [2.05, 4.69) is 0 Å². The largest absolute Gasteiger partial charge is 0.478 e. The smallest absolute Gasteiger partial charge is 0.268 e. The van der Waals surface area contributed by atoms with Gasteiger partial charge in [-0.1, -0.05) is 25.1 Å². The summed E-state index contributed by atoms with van der Waals surface area (Å²) in [7, 11) is 0. The van der Waals surface area contributed by atoms with Gasteiger partial charge in [-0.05, 0) is 54.8 Å². The monoisotopic (exact) mass is 430 g/mol. The van der Waals surface area contributed by atoms with Crippen LogP contribution in [0.3, 0.4) is 0 Å². The third-order valence-corrected chi connectivity index (χ3v) is 5.92. The average Bonchev–Trinajstić information content (AvgIpc) is 3.50. The molecule has 0 N–H and O–H groups in total. The Bertz CT molecular complexity index is 1200. The van der Waals surface area contributed by atoms with Crippen LogP contribution in [0.15, 0.2) is 65.3 Å². The summed E-state index contributed by atoms with van der Waals surface area (Å²) < 4.78 is 11.1. The lowest BCUT2D eigenvalue weighted by molar-refractivity contribution is -0.128. The lowest BCUT2D eigenvalue weighted by atomic mass is 10.0. The van der Waals surface area contributed by atoms with Crippen molar-refractivity contribution in [3.05, 3.63) is 77.7 Å². The first kappa shape index (κ1) is 20.1. The van der Waals surface area contributed by atoms with E-state index in [1.807, 2.05) is 31.2 Å². The van der Waals surface area contributed by atoms with Crippen LogP contribution in [0.1, 0.15) is 35.0 Å². The van der Waals surface area contributed by atoms with Crippen molar-refractivity contribution in [1.82, 2.24) is 0 Å². The molecule has 5 rings (SSSR count). The fourth-order valence-electron chi connectivity index (χ4n) is 4.25. The number of carbonyl (C=O) groups is 3. The van der Waals surface area contributed by atoms with Crippen molar-refractivity contribution in [2.45, 2.75) is 25.9 Å². The van der Waals surface area contributed by atoms with Gasteiger partial charge >= 0.3 is 0 Å². The number of nitrogens with zero attached hydrogens (tertiary/aromatic N) is 2. The summed E-state index contributed by atoms with van der Waals surface area (Å²) in [6.45, 7) is 2.31. The first-order valence-corrected chi connectivity index (χ1v) is 10.7. The van der Waals surface area contributed by atoms with Crippen LogP contribution >= 0.6 is 0 Å². The van der Waals surface area contributed by atoms with Gasteiger partial charge in [0.25, 0.3) is 5.91 Å². The molecular formula is C25H22N2O5. The van der Waals surface area contributed by atoms with Crippen LogP contribution in [-0.4, -0.2) is 36.8 Å². The Kier molecular flexibility index (Phi) is 5.01. The quantitative estimate of drug-likeness (QED) is 0.578. The predicted molar refractivity (Wildman–Crippen MR) is 118 cm³/mol. The second-order valence-corrected chi connectivity index (χ2v) is 7.85. The van der Waals surface area contributed by atoms with Gasteiger partial charge in [0.15, 0.2) is 11.9 Å². The molecule has 2 aliphatic heterocycles. The third kappa shape index (κ3) is 3.36. The van der Waals surface area contributed by atoms with E-state index in [0.29, 0.717) is 30.0 Å². The van der Waals surface area contributed by atoms with Crippen LogP contribution in [0.4, 0.5) is 11.4 Å². The van der Waals surface area contributed by atoms with E-state index in [4.69, 9.17) is 9.15 Å². The molecule has 32 heavy (non-hydrogen) atoms. The summed E-state index contributed by atoms with van der Waals surface area (Å²) >= 11 is 0. The molecule has 162 valence electrons. The van der Waals surface area contributed by atoms with Crippen molar-refractivity contribution in [1.29, 1.82) is 0 Å². The second kappa shape index (κ2) is 8.00. The van der Waals surface area contributed by atoms with Gasteiger partial charge in [0.1, 0.15) is 12.3 Å². The number of benzene rings is 2. The number of amides is 2. The molecule has 7 nitrogen and oxygen atoms in total. The Morgan fingerprint density at radius 3 is 2.69 bits per heavy atom. The molecule has 0 saturated heterocycles. The van der Waals surface area contributed by atoms with Gasteiger partial charge in [-0.15, -0.1) is 0 Å². The summed E-state index contributed by atoms with van der Waals surface area (Å²) in [4.78, 5) is 42.3. The molecular weight excluding hydrogens is 408 g/mol. The Labute approximate surface area is 185 Å². The maximum Gasteiger partial charge on any atom is 0.268 e. The molecule has 3 aromatic rings. The van der Waals surface area contributed by atoms with Crippen molar-refractivity contribution in [2.75, 3.05) is 22.9 Å². The number of carbonyl (C=O) groups excluding carboxylic acids is 3. The highest BCUT2D eigenvalue weighted by molar-refractivity contribution is 6.11. The molecule has 3 heterocycles. The predicted octanol–water partition coefficient (Wildman–Crippen LogP) is 3.60. The van der Waals surface area contributed by atoms with Crippen LogP contribution < -0.4 is 14.5 Å². The molecule has 7 heteroatoms. The van der Waals surface area contributed by atoms with Gasteiger partial charge in [0, 0.05) is 17.8 Å². The number of hydrogen-bond donors (Lipinski definition) is 0. The van der Waals surface area contributed by atoms with Crippen LogP contribution in [0.2, 0.25) is 0 Å². The van der Waals surface area contributed by atoms with Crippen LogP contribution in [0.5, 0.6) is 5.75 Å². The summed E-state index contributed by atoms with van der Waals surface area (Å²) in [5.41, 5.74) is 2.77. The third-order valence-electron chi connectivity index (χ3n) is 5.92. The number of furan rings is 1. The van der Waals surface area contributed by atoms with Gasteiger partial charge in [-0.3, -0.25) is 19.3 Å². The van der Waals surface area contributed by atoms with E-state index in [9.17, 15) is 14.4 Å². The molecule has 0 saturated carbocycles. The summed E-state index contributed by atoms with van der Waals surface area (Å²) in [6, 6.07) is 15.9. The summed E-state index contributed by atoms with van der Waals surface area (Å²) in [5, 5.41) is 0. The molecule has 1 aromatic heterocycles. The van der Waals surface area contributed by atoms with Crippen molar-refractivity contribution >= 4 is 29.0 Å². The standard InChI is InChI=1S/C25H22N2O5/c1-2-20-25(30)27(15-23(28)26-12-11-16-6-3-4-7-18(16)26)19-14-17(9-10-21(19)32-20)24(29)22-8-5-13-31-22/h3-10,13-14,20H,2,11-12,15H2,1H3. The van der Waals surface area contributed by atoms with E-state index in [-0.39, 0.29) is 29.9 Å². The normalized spacial score (nSPS) is 17.0. The second-order valence-electron chi connectivity index (χ2n) is 7.85. The Balaban J connectivity index is 1.48. The van der Waals surface area contributed by atoms with E-state index in [1.54, 1.807) is 35.2 Å². The van der Waals surface area contributed by atoms with Crippen molar-refractivity contribution < 1.29 is 23.5 Å². The number of anilines is 2. The van der Waals surface area contributed by atoms with Gasteiger partial charge in [-0.25, -0.2) is 0 Å². The van der Waals surface area contributed by atoms with Crippen LogP contribution in [-0.2, 0) is 16.0 Å². The number of rotatable bonds is 5. The van der Waals surface area contributed by atoms with Crippen molar-refractivity contribution in [2.24, 2.45) is 0 Å². The zero-order chi connectivity index (χ0) is 22.2. The summed E-state index contributed by atoms with van der Waals surface area (Å²) in [5.74, 6) is -0.0855. The fourth-order valence-corrected chi connectivity index (χ4v) is 4.25. The van der Waals surface area contributed by atoms with Crippen LogP contribution in [0.25, 0.3) is 0 Å². The van der Waals surface area contributed by atoms with Gasteiger partial charge in [0.2, 0.25) is 11.7 Å². The molecule has 2 aliphatic rings. The molecule has 0 bridgehead atoms. The highest BCUT2D eigenvalue weighted by atomic mass is 16.5. The molecule has 1 atom stereocenters. The number of ether oxygens (including phenoxy) is 1. The average molecular weight is 430 g/mol. The maximum absolute atomic E-state index is 13.2. The lowest BCUT2D eigenvalue weighted by Gasteiger charge is -2.34. The van der Waals surface area contributed by atoms with Crippen LogP contribution in [0, 0.1) is 0 Å². The Morgan fingerprint density at radius 2 is 1.91 bits per heavy atom. The van der Waals surface area contributed by atoms with E-state index < -0.39 is 6.10 Å². The zero-order valence-electron chi connectivity index (χ0n) is 17.6. The molecule has 2 aromatic carbocycles. The number of hydrogen-bond acceptors (Lipinski definition) is 5. The van der Waals surface area contributed by atoms with Gasteiger partial charge in [-0.2, -0.15) is 0 Å². The Hall–Kier alpha value is -3.87. The topological polar surface area (TPSA) is 80.1 Å². The minimum absolute atomic E-state index is 0.127. The fraction of sp³-hybridized carbons (Fsp3) is 0.240. The molecule has 0 radical (unpaired) electrons. The first-order valence-electron chi connectivity index (χ1n) is 10.7. The highest BCUT2D eigenvalue weighted by Crippen LogP contribution is 2.37. The maximum atomic E-state index is 13.2. The van der Waals surface area contributed by atoms with Gasteiger partial charge < -0.3 is 14.1 Å². The van der Waals surface area contributed by atoms with Crippen molar-refractivity contribution in [3.8, 4) is 5.75 Å². The molecule has 0 aliphatic carbocycles. The van der Waals surface area contributed by atoms with Gasteiger partial charge in [0.05, 0.1) is 12.0 Å². The highest BCUT2D eigenvalue weighted by Gasteiger charge is 2.36. The lowest BCUT2D eigenvalue weighted by Crippen LogP contribution is -2.50. The van der Waals surface area contributed by atoms with E-state index >= 15 is 0 Å². The minimum atomic E-state index is -0.673. The number of ketones is 1. The molecule has 0 fully saturated rings. The molecule has 0 spiro atoms. The summed E-state index contributed by atoms with van der Waals surface area (Å²) in [6.07, 6.45) is 2.02. The van der Waals surface area contributed by atoms with E-state index in [1.165, 1.54) is 11.2 Å². The zero-order valence-corrected chi connectivity index (χ0v) is 17.6. The van der Waals surface area contributed by atoms with E-state index in [0.717, 1.165) is 17.7 Å². The van der Waals surface area contributed by atoms with Crippen molar-refractivity contribution in [3.63, 3.8) is 0 Å². The molecule has 2 amide bonds.